The van der Waals surface area contributed by atoms with Gasteiger partial charge in [0, 0.05) is 0 Å². The van der Waals surface area contributed by atoms with Crippen molar-refractivity contribution in [2.24, 2.45) is 4.99 Å². The summed E-state index contributed by atoms with van der Waals surface area (Å²) in [4.78, 5) is 42.4. The number of benzene rings is 2. The summed E-state index contributed by atoms with van der Waals surface area (Å²) in [5, 5.41) is 11.0. The molecule has 0 amide bonds. The number of hydrogen-bond acceptors (Lipinski definition) is 8. The lowest BCUT2D eigenvalue weighted by Crippen LogP contribution is -2.39. The molecule has 0 unspecified atom stereocenters. The second-order valence-electron chi connectivity index (χ2n) is 7.48. The quantitative estimate of drug-likeness (QED) is 0.493. The first-order chi connectivity index (χ1) is 16.3. The van der Waals surface area contributed by atoms with Crippen molar-refractivity contribution in [3.63, 3.8) is 0 Å². The molecule has 2 heterocycles. The molecule has 0 bridgehead atoms. The van der Waals surface area contributed by atoms with Crippen molar-refractivity contribution in [1.82, 2.24) is 4.57 Å². The molecular formula is C25H21N2O6S-. The Morgan fingerprint density at radius 1 is 1.15 bits per heavy atom. The molecule has 0 saturated heterocycles. The summed E-state index contributed by atoms with van der Waals surface area (Å²) < 4.78 is 12.4. The van der Waals surface area contributed by atoms with Gasteiger partial charge in [-0.15, -0.1) is 0 Å². The fourth-order valence-electron chi connectivity index (χ4n) is 3.76. The van der Waals surface area contributed by atoms with E-state index in [1.54, 1.807) is 63.4 Å². The highest BCUT2D eigenvalue weighted by Crippen LogP contribution is 2.31. The smallest absolute Gasteiger partial charge is 0.338 e. The number of methoxy groups -OCH3 is 1. The Labute approximate surface area is 198 Å². The van der Waals surface area contributed by atoms with Gasteiger partial charge in [0.15, 0.2) is 4.80 Å². The van der Waals surface area contributed by atoms with E-state index in [1.807, 2.05) is 0 Å². The summed E-state index contributed by atoms with van der Waals surface area (Å²) in [5.74, 6) is -1.15. The fraction of sp³-hybridized carbons (Fsp3) is 0.200. The molecular weight excluding hydrogens is 456 g/mol. The second kappa shape index (κ2) is 9.48. The average molecular weight is 478 g/mol. The maximum absolute atomic E-state index is 13.5. The summed E-state index contributed by atoms with van der Waals surface area (Å²) in [5.41, 5.74) is 1.87. The fourth-order valence-corrected chi connectivity index (χ4v) is 4.81. The van der Waals surface area contributed by atoms with Crippen molar-refractivity contribution >= 4 is 29.4 Å². The Balaban J connectivity index is 1.90. The maximum Gasteiger partial charge on any atom is 0.338 e. The van der Waals surface area contributed by atoms with E-state index in [2.05, 4.69) is 4.99 Å². The predicted octanol–water partition coefficient (Wildman–Crippen LogP) is 1.17. The molecule has 0 fully saturated rings. The lowest BCUT2D eigenvalue weighted by molar-refractivity contribution is -0.255. The van der Waals surface area contributed by atoms with Gasteiger partial charge in [-0.1, -0.05) is 47.7 Å². The number of carbonyl (C=O) groups is 2. The van der Waals surface area contributed by atoms with Crippen LogP contribution in [0.15, 0.2) is 69.6 Å². The minimum Gasteiger partial charge on any atom is -0.545 e. The van der Waals surface area contributed by atoms with Gasteiger partial charge in [0.25, 0.3) is 5.56 Å². The number of esters is 1. The van der Waals surface area contributed by atoms with Gasteiger partial charge in [-0.25, -0.2) is 9.79 Å². The van der Waals surface area contributed by atoms with Crippen LogP contribution in [0.5, 0.6) is 5.75 Å². The number of fused-ring (bicyclic) bond motifs is 1. The normalized spacial score (nSPS) is 15.5. The molecule has 1 aromatic heterocycles. The molecule has 0 spiro atoms. The molecule has 1 aliphatic heterocycles. The molecule has 0 N–H and O–H groups in total. The molecule has 9 heteroatoms. The topological polar surface area (TPSA) is 110 Å². The van der Waals surface area contributed by atoms with Gasteiger partial charge in [0.2, 0.25) is 0 Å². The highest BCUT2D eigenvalue weighted by atomic mass is 32.1. The average Bonchev–Trinajstić information content (AvgIpc) is 3.13. The van der Waals surface area contributed by atoms with Crippen LogP contribution in [0.2, 0.25) is 0 Å². The van der Waals surface area contributed by atoms with Crippen LogP contribution in [0.25, 0.3) is 6.08 Å². The number of carboxylic acid groups (broad SMARTS) is 1. The van der Waals surface area contributed by atoms with Crippen molar-refractivity contribution in [2.75, 3.05) is 13.7 Å². The Morgan fingerprint density at radius 2 is 1.82 bits per heavy atom. The van der Waals surface area contributed by atoms with Crippen molar-refractivity contribution in [2.45, 2.75) is 19.9 Å². The molecule has 1 aliphatic rings. The van der Waals surface area contributed by atoms with Gasteiger partial charge in [-0.3, -0.25) is 9.36 Å². The number of carbonyl (C=O) groups excluding carboxylic acids is 2. The molecule has 2 aromatic carbocycles. The van der Waals surface area contributed by atoms with Crippen molar-refractivity contribution < 1.29 is 24.2 Å². The van der Waals surface area contributed by atoms with Crippen LogP contribution >= 0.6 is 11.3 Å². The van der Waals surface area contributed by atoms with E-state index in [9.17, 15) is 19.5 Å². The van der Waals surface area contributed by atoms with E-state index in [0.29, 0.717) is 37.5 Å². The van der Waals surface area contributed by atoms with Gasteiger partial charge in [-0.05, 0) is 48.7 Å². The van der Waals surface area contributed by atoms with Crippen LogP contribution in [0, 0.1) is 0 Å². The Bertz CT molecular complexity index is 1460. The Kier molecular flexibility index (Phi) is 6.47. The van der Waals surface area contributed by atoms with Crippen LogP contribution in [-0.2, 0) is 9.53 Å². The lowest BCUT2D eigenvalue weighted by Gasteiger charge is -2.24. The van der Waals surface area contributed by atoms with Gasteiger partial charge in [0.1, 0.15) is 5.75 Å². The predicted molar refractivity (Wildman–Crippen MR) is 124 cm³/mol. The standard InChI is InChI=1S/C25H22N2O6S/c1-4-33-24(31)20-14(2)26-25-27(21(20)16-9-11-18(32-3)12-10-16)22(28)19(34-25)13-15-5-7-17(8-6-15)23(29)30/h5-13,21H,4H2,1-3H3,(H,29,30)/p-1/b19-13+/t21-/m1/s1. The molecule has 34 heavy (non-hydrogen) atoms. The molecule has 0 saturated carbocycles. The largest absolute Gasteiger partial charge is 0.545 e. The van der Waals surface area contributed by atoms with E-state index < -0.39 is 18.0 Å². The van der Waals surface area contributed by atoms with E-state index in [0.717, 1.165) is 0 Å². The number of carboxylic acids is 1. The lowest BCUT2D eigenvalue weighted by atomic mass is 9.96. The number of ether oxygens (including phenoxy) is 2. The van der Waals surface area contributed by atoms with Gasteiger partial charge in [-0.2, -0.15) is 0 Å². The van der Waals surface area contributed by atoms with E-state index in [1.165, 1.54) is 28.0 Å². The molecule has 8 nitrogen and oxygen atoms in total. The van der Waals surface area contributed by atoms with Crippen LogP contribution in [-0.4, -0.2) is 30.2 Å². The number of aromatic carboxylic acids is 1. The third-order valence-corrected chi connectivity index (χ3v) is 6.38. The third kappa shape index (κ3) is 4.29. The van der Waals surface area contributed by atoms with Crippen molar-refractivity contribution in [3.05, 3.63) is 96.2 Å². The number of thiazole rings is 1. The van der Waals surface area contributed by atoms with Crippen LogP contribution in [0.1, 0.15) is 41.4 Å². The molecule has 0 radical (unpaired) electrons. The Morgan fingerprint density at radius 3 is 2.41 bits per heavy atom. The molecule has 0 aliphatic carbocycles. The van der Waals surface area contributed by atoms with Crippen molar-refractivity contribution in [1.29, 1.82) is 0 Å². The number of rotatable bonds is 6. The summed E-state index contributed by atoms with van der Waals surface area (Å²) in [6, 6.07) is 12.4. The first-order valence-electron chi connectivity index (χ1n) is 10.5. The first-order valence-corrected chi connectivity index (χ1v) is 11.3. The van der Waals surface area contributed by atoms with Crippen LogP contribution in [0.3, 0.4) is 0 Å². The SMILES string of the molecule is CCOC(=O)C1=C(C)N=c2s/c(=C/c3ccc(C(=O)[O-])cc3)c(=O)n2[C@@H]1c1ccc(OC)cc1. The van der Waals surface area contributed by atoms with Gasteiger partial charge >= 0.3 is 5.97 Å². The molecule has 174 valence electrons. The van der Waals surface area contributed by atoms with Crippen LogP contribution < -0.4 is 24.7 Å². The zero-order valence-corrected chi connectivity index (χ0v) is 19.5. The minimum atomic E-state index is -1.27. The minimum absolute atomic E-state index is 0.0489. The maximum atomic E-state index is 13.5. The molecule has 4 rings (SSSR count). The Hall–Kier alpha value is -3.98. The summed E-state index contributed by atoms with van der Waals surface area (Å²) in [6.45, 7) is 3.63. The van der Waals surface area contributed by atoms with Gasteiger partial charge < -0.3 is 19.4 Å². The summed E-state index contributed by atoms with van der Waals surface area (Å²) in [7, 11) is 1.56. The first kappa shape index (κ1) is 23.2. The number of aromatic nitrogens is 1. The number of allylic oxidation sites excluding steroid dienone is 1. The zero-order valence-electron chi connectivity index (χ0n) is 18.7. The van der Waals surface area contributed by atoms with Gasteiger partial charge in [0.05, 0.1) is 41.5 Å². The van der Waals surface area contributed by atoms with E-state index in [-0.39, 0.29) is 17.7 Å². The van der Waals surface area contributed by atoms with Crippen LogP contribution in [0.4, 0.5) is 0 Å². The second-order valence-corrected chi connectivity index (χ2v) is 8.49. The molecule has 1 atom stereocenters. The van der Waals surface area contributed by atoms with Crippen molar-refractivity contribution in [3.8, 4) is 5.75 Å². The van der Waals surface area contributed by atoms with E-state index in [4.69, 9.17) is 9.47 Å². The number of hydrogen-bond donors (Lipinski definition) is 0. The monoisotopic (exact) mass is 477 g/mol. The summed E-state index contributed by atoms with van der Waals surface area (Å²) in [6.07, 6.45) is 1.66. The highest BCUT2D eigenvalue weighted by Gasteiger charge is 2.33. The van der Waals surface area contributed by atoms with E-state index >= 15 is 0 Å². The molecule has 3 aromatic rings. The highest BCUT2D eigenvalue weighted by molar-refractivity contribution is 7.07. The summed E-state index contributed by atoms with van der Waals surface area (Å²) >= 11 is 1.19. The zero-order chi connectivity index (χ0) is 24.4. The third-order valence-electron chi connectivity index (χ3n) is 5.39. The number of nitrogens with zero attached hydrogens (tertiary/aromatic N) is 2.